The Labute approximate surface area is 191 Å². The standard InChI is InChI=1S/C27H33N5/c1-19-15-22-16-23-25(26(22)29-18-19)27(28-11-8-14-32-12-6-3-7-13-32)31-24(30-23)17-21-10-5-4-9-20(21)2/h4-5,9-10,15,18H,3,6-8,11-14,16-17H2,1-2H3,(H,28,30,31). The Morgan fingerprint density at radius 3 is 2.72 bits per heavy atom. The Bertz CT molecular complexity index is 1100. The fraction of sp³-hybridized carbons (Fsp3) is 0.444. The maximum Gasteiger partial charge on any atom is 0.139 e. The predicted molar refractivity (Wildman–Crippen MR) is 130 cm³/mol. The molecule has 1 aromatic carbocycles. The number of likely N-dealkylation sites (tertiary alicyclic amines) is 1. The smallest absolute Gasteiger partial charge is 0.139 e. The highest BCUT2D eigenvalue weighted by atomic mass is 15.1. The largest absolute Gasteiger partial charge is 0.369 e. The van der Waals surface area contributed by atoms with E-state index in [9.17, 15) is 0 Å². The summed E-state index contributed by atoms with van der Waals surface area (Å²) in [5, 5.41) is 3.66. The molecule has 3 aromatic rings. The van der Waals surface area contributed by atoms with E-state index >= 15 is 0 Å². The Hall–Kier alpha value is -2.79. The SMILES string of the molecule is Cc1cnc2c(c1)Cc1nc(Cc3ccccc3C)nc(NCCCN3CCCCC3)c1-2. The molecule has 1 saturated heterocycles. The Kier molecular flexibility index (Phi) is 6.17. The van der Waals surface area contributed by atoms with Gasteiger partial charge in [-0.3, -0.25) is 4.98 Å². The summed E-state index contributed by atoms with van der Waals surface area (Å²) in [5.41, 5.74) is 8.29. The number of pyridine rings is 1. The van der Waals surface area contributed by atoms with Crippen LogP contribution in [0.3, 0.4) is 0 Å². The van der Waals surface area contributed by atoms with E-state index in [1.54, 1.807) is 0 Å². The minimum absolute atomic E-state index is 0.755. The van der Waals surface area contributed by atoms with Crippen molar-refractivity contribution < 1.29 is 0 Å². The molecule has 3 heterocycles. The normalized spacial score (nSPS) is 15.4. The van der Waals surface area contributed by atoms with E-state index < -0.39 is 0 Å². The first-order valence-corrected chi connectivity index (χ1v) is 12.0. The van der Waals surface area contributed by atoms with E-state index in [1.165, 1.54) is 54.6 Å². The highest BCUT2D eigenvalue weighted by Gasteiger charge is 2.26. The van der Waals surface area contributed by atoms with E-state index in [2.05, 4.69) is 54.4 Å². The van der Waals surface area contributed by atoms with Crippen LogP contribution in [0.5, 0.6) is 0 Å². The Morgan fingerprint density at radius 2 is 1.88 bits per heavy atom. The van der Waals surface area contributed by atoms with E-state index in [1.807, 2.05) is 6.20 Å². The average Bonchev–Trinajstić information content (AvgIpc) is 3.16. The molecule has 5 nitrogen and oxygen atoms in total. The number of hydrogen-bond donors (Lipinski definition) is 1. The first kappa shape index (κ1) is 21.1. The van der Waals surface area contributed by atoms with Crippen LogP contribution in [0.15, 0.2) is 36.5 Å². The zero-order chi connectivity index (χ0) is 21.9. The second kappa shape index (κ2) is 9.37. The van der Waals surface area contributed by atoms with Crippen LogP contribution in [0.4, 0.5) is 5.82 Å². The summed E-state index contributed by atoms with van der Waals surface area (Å²) in [6.07, 6.45) is 8.75. The van der Waals surface area contributed by atoms with Gasteiger partial charge >= 0.3 is 0 Å². The van der Waals surface area contributed by atoms with Crippen molar-refractivity contribution >= 4 is 5.82 Å². The number of fused-ring (bicyclic) bond motifs is 3. The van der Waals surface area contributed by atoms with Crippen molar-refractivity contribution in [3.8, 4) is 11.3 Å². The Morgan fingerprint density at radius 1 is 1.03 bits per heavy atom. The van der Waals surface area contributed by atoms with Crippen LogP contribution < -0.4 is 5.32 Å². The second-order valence-corrected chi connectivity index (χ2v) is 9.29. The molecule has 1 aliphatic heterocycles. The molecule has 0 saturated carbocycles. The molecule has 2 aromatic heterocycles. The van der Waals surface area contributed by atoms with Gasteiger partial charge in [0.1, 0.15) is 11.6 Å². The summed E-state index contributed by atoms with van der Waals surface area (Å²) in [5.74, 6) is 1.84. The van der Waals surface area contributed by atoms with Crippen molar-refractivity contribution in [3.05, 3.63) is 70.3 Å². The summed E-state index contributed by atoms with van der Waals surface area (Å²) in [7, 11) is 0. The number of hydrogen-bond acceptors (Lipinski definition) is 5. The number of aromatic nitrogens is 3. The lowest BCUT2D eigenvalue weighted by Crippen LogP contribution is -2.31. The fourth-order valence-corrected chi connectivity index (χ4v) is 4.98. The summed E-state index contributed by atoms with van der Waals surface area (Å²) in [4.78, 5) is 17.4. The molecule has 166 valence electrons. The molecule has 1 fully saturated rings. The molecule has 5 rings (SSSR count). The van der Waals surface area contributed by atoms with Gasteiger partial charge in [0.05, 0.1) is 17.0 Å². The lowest BCUT2D eigenvalue weighted by Gasteiger charge is -2.26. The molecule has 0 radical (unpaired) electrons. The van der Waals surface area contributed by atoms with Crippen molar-refractivity contribution in [1.82, 2.24) is 19.9 Å². The van der Waals surface area contributed by atoms with Gasteiger partial charge in [0.2, 0.25) is 0 Å². The van der Waals surface area contributed by atoms with Crippen molar-refractivity contribution in [2.75, 3.05) is 31.5 Å². The van der Waals surface area contributed by atoms with Crippen LogP contribution in [0.1, 0.15) is 59.5 Å². The molecule has 1 aliphatic carbocycles. The molecule has 0 spiro atoms. The molecule has 32 heavy (non-hydrogen) atoms. The van der Waals surface area contributed by atoms with Gasteiger partial charge in [-0.15, -0.1) is 0 Å². The third kappa shape index (κ3) is 4.53. The van der Waals surface area contributed by atoms with Gasteiger partial charge < -0.3 is 10.2 Å². The monoisotopic (exact) mass is 427 g/mol. The van der Waals surface area contributed by atoms with E-state index in [0.717, 1.165) is 60.9 Å². The lowest BCUT2D eigenvalue weighted by molar-refractivity contribution is 0.228. The lowest BCUT2D eigenvalue weighted by atomic mass is 10.1. The summed E-state index contributed by atoms with van der Waals surface area (Å²) < 4.78 is 0. The molecule has 0 atom stereocenters. The van der Waals surface area contributed by atoms with Crippen molar-refractivity contribution in [2.24, 2.45) is 0 Å². The summed E-state index contributed by atoms with van der Waals surface area (Å²) in [6.45, 7) is 8.84. The van der Waals surface area contributed by atoms with Gasteiger partial charge in [-0.25, -0.2) is 9.97 Å². The van der Waals surface area contributed by atoms with E-state index in [4.69, 9.17) is 15.0 Å². The third-order valence-electron chi connectivity index (χ3n) is 6.73. The number of aryl methyl sites for hydroxylation is 2. The van der Waals surface area contributed by atoms with Crippen LogP contribution in [0.25, 0.3) is 11.3 Å². The second-order valence-electron chi connectivity index (χ2n) is 9.29. The van der Waals surface area contributed by atoms with E-state index in [-0.39, 0.29) is 0 Å². The maximum absolute atomic E-state index is 5.01. The molecule has 0 amide bonds. The average molecular weight is 428 g/mol. The quantitative estimate of drug-likeness (QED) is 0.424. The number of rotatable bonds is 7. The zero-order valence-corrected chi connectivity index (χ0v) is 19.3. The van der Waals surface area contributed by atoms with Crippen LogP contribution in [0, 0.1) is 13.8 Å². The molecule has 5 heteroatoms. The maximum atomic E-state index is 5.01. The molecular formula is C27H33N5. The van der Waals surface area contributed by atoms with E-state index in [0.29, 0.717) is 0 Å². The number of piperidine rings is 1. The van der Waals surface area contributed by atoms with Crippen LogP contribution >= 0.6 is 0 Å². The highest BCUT2D eigenvalue weighted by molar-refractivity contribution is 5.81. The van der Waals surface area contributed by atoms with Gasteiger partial charge in [-0.05, 0) is 75.0 Å². The van der Waals surface area contributed by atoms with Crippen LogP contribution in [0.2, 0.25) is 0 Å². The highest BCUT2D eigenvalue weighted by Crippen LogP contribution is 2.38. The van der Waals surface area contributed by atoms with Gasteiger partial charge in [-0.1, -0.05) is 36.8 Å². The number of nitrogens with one attached hydrogen (secondary N) is 1. The number of benzene rings is 1. The predicted octanol–water partition coefficient (Wildman–Crippen LogP) is 4.94. The number of nitrogens with zero attached hydrogens (tertiary/aromatic N) is 4. The topological polar surface area (TPSA) is 53.9 Å². The molecule has 1 N–H and O–H groups in total. The zero-order valence-electron chi connectivity index (χ0n) is 19.3. The van der Waals surface area contributed by atoms with Crippen molar-refractivity contribution in [3.63, 3.8) is 0 Å². The molecule has 0 unspecified atom stereocenters. The first-order chi connectivity index (χ1) is 15.7. The van der Waals surface area contributed by atoms with Gasteiger partial charge in [0.15, 0.2) is 0 Å². The minimum Gasteiger partial charge on any atom is -0.369 e. The third-order valence-corrected chi connectivity index (χ3v) is 6.73. The van der Waals surface area contributed by atoms with Crippen molar-refractivity contribution in [1.29, 1.82) is 0 Å². The van der Waals surface area contributed by atoms with Crippen molar-refractivity contribution in [2.45, 2.75) is 52.4 Å². The van der Waals surface area contributed by atoms with Gasteiger partial charge in [0.25, 0.3) is 0 Å². The van der Waals surface area contributed by atoms with Gasteiger partial charge in [-0.2, -0.15) is 0 Å². The van der Waals surface area contributed by atoms with Crippen LogP contribution in [-0.4, -0.2) is 46.0 Å². The van der Waals surface area contributed by atoms with Crippen LogP contribution in [-0.2, 0) is 12.8 Å². The first-order valence-electron chi connectivity index (χ1n) is 12.0. The molecule has 2 aliphatic rings. The molecular weight excluding hydrogens is 394 g/mol. The summed E-state index contributed by atoms with van der Waals surface area (Å²) >= 11 is 0. The number of anilines is 1. The molecule has 0 bridgehead atoms. The Balaban J connectivity index is 1.38. The fourth-order valence-electron chi connectivity index (χ4n) is 4.98. The minimum atomic E-state index is 0.755. The summed E-state index contributed by atoms with van der Waals surface area (Å²) in [6, 6.07) is 10.8. The van der Waals surface area contributed by atoms with Gasteiger partial charge in [0, 0.05) is 25.6 Å².